The third kappa shape index (κ3) is 1.47. The predicted molar refractivity (Wildman–Crippen MR) is 50.5 cm³/mol. The summed E-state index contributed by atoms with van der Waals surface area (Å²) in [5.41, 5.74) is 6.02. The van der Waals surface area contributed by atoms with E-state index >= 15 is 0 Å². The topological polar surface area (TPSA) is 35.2 Å². The van der Waals surface area contributed by atoms with Gasteiger partial charge < -0.3 is 10.5 Å². The van der Waals surface area contributed by atoms with Crippen LogP contribution in [0.2, 0.25) is 0 Å². The molecule has 1 heterocycles. The number of nitrogens with two attached hydrogens (primary N) is 1. The molecule has 0 aromatic carbocycles. The number of thiophene rings is 1. The van der Waals surface area contributed by atoms with Gasteiger partial charge in [0.15, 0.2) is 5.06 Å². The molecule has 3 heteroatoms. The van der Waals surface area contributed by atoms with E-state index in [1.165, 1.54) is 17.7 Å². The summed E-state index contributed by atoms with van der Waals surface area (Å²) in [4.78, 5) is 1.26. The summed E-state index contributed by atoms with van der Waals surface area (Å²) in [6.07, 6.45) is 2.59. The van der Waals surface area contributed by atoms with Crippen LogP contribution in [0.4, 0.5) is 0 Å². The lowest BCUT2D eigenvalue weighted by atomic mass is 10.2. The monoisotopic (exact) mass is 183 g/mol. The average molecular weight is 183 g/mol. The Morgan fingerprint density at radius 3 is 2.83 bits per heavy atom. The largest absolute Gasteiger partial charge is 0.487 e. The van der Waals surface area contributed by atoms with Crippen LogP contribution in [0.3, 0.4) is 0 Å². The molecule has 1 atom stereocenters. The average Bonchev–Trinajstić information content (AvgIpc) is 2.82. The second-order valence-electron chi connectivity index (χ2n) is 3.22. The highest BCUT2D eigenvalue weighted by Gasteiger charge is 2.30. The van der Waals surface area contributed by atoms with Crippen molar-refractivity contribution in [1.29, 1.82) is 0 Å². The first kappa shape index (κ1) is 8.08. The molecule has 0 bridgehead atoms. The Morgan fingerprint density at radius 1 is 1.58 bits per heavy atom. The van der Waals surface area contributed by atoms with Gasteiger partial charge in [-0.05, 0) is 30.9 Å². The molecule has 1 fully saturated rings. The Morgan fingerprint density at radius 2 is 2.33 bits per heavy atom. The highest BCUT2D eigenvalue weighted by atomic mass is 32.1. The molecular weight excluding hydrogens is 170 g/mol. The van der Waals surface area contributed by atoms with Crippen LogP contribution in [0.1, 0.15) is 23.8 Å². The Labute approximate surface area is 76.3 Å². The molecule has 0 spiro atoms. The molecule has 1 saturated carbocycles. The van der Waals surface area contributed by atoms with Crippen molar-refractivity contribution in [2.45, 2.75) is 18.9 Å². The lowest BCUT2D eigenvalue weighted by Gasteiger charge is -2.05. The highest BCUT2D eigenvalue weighted by Crippen LogP contribution is 2.42. The van der Waals surface area contributed by atoms with Crippen LogP contribution in [0, 0.1) is 5.92 Å². The van der Waals surface area contributed by atoms with Crippen molar-refractivity contribution in [3.05, 3.63) is 17.0 Å². The summed E-state index contributed by atoms with van der Waals surface area (Å²) in [5.74, 6) is 0.730. The second-order valence-corrected chi connectivity index (χ2v) is 4.30. The fourth-order valence-corrected chi connectivity index (χ4v) is 2.23. The van der Waals surface area contributed by atoms with E-state index in [1.807, 2.05) is 6.07 Å². The van der Waals surface area contributed by atoms with E-state index in [9.17, 15) is 0 Å². The van der Waals surface area contributed by atoms with Crippen LogP contribution < -0.4 is 10.5 Å². The van der Waals surface area contributed by atoms with E-state index in [2.05, 4.69) is 6.07 Å². The van der Waals surface area contributed by atoms with Gasteiger partial charge in [0.2, 0.25) is 0 Å². The minimum absolute atomic E-state index is 0.249. The number of hydrogen-bond acceptors (Lipinski definition) is 3. The van der Waals surface area contributed by atoms with Crippen molar-refractivity contribution >= 4 is 11.3 Å². The van der Waals surface area contributed by atoms with E-state index in [4.69, 9.17) is 10.5 Å². The fourth-order valence-electron chi connectivity index (χ4n) is 1.31. The van der Waals surface area contributed by atoms with Gasteiger partial charge in [-0.1, -0.05) is 0 Å². The third-order valence-electron chi connectivity index (χ3n) is 2.26. The zero-order valence-corrected chi connectivity index (χ0v) is 7.93. The zero-order valence-electron chi connectivity index (χ0n) is 7.12. The van der Waals surface area contributed by atoms with Crippen molar-refractivity contribution in [2.75, 3.05) is 7.11 Å². The third-order valence-corrected chi connectivity index (χ3v) is 3.41. The van der Waals surface area contributed by atoms with Crippen molar-refractivity contribution in [3.63, 3.8) is 0 Å². The maximum Gasteiger partial charge on any atom is 0.173 e. The van der Waals surface area contributed by atoms with Crippen LogP contribution in [-0.2, 0) is 0 Å². The van der Waals surface area contributed by atoms with Crippen LogP contribution in [0.25, 0.3) is 0 Å². The van der Waals surface area contributed by atoms with Gasteiger partial charge in [0.05, 0.1) is 7.11 Å². The Bertz CT molecular complexity index is 267. The second kappa shape index (κ2) is 3.07. The summed E-state index contributed by atoms with van der Waals surface area (Å²) in [5, 5.41) is 0.959. The molecule has 1 aromatic rings. The quantitative estimate of drug-likeness (QED) is 0.779. The molecule has 12 heavy (non-hydrogen) atoms. The molecule has 2 N–H and O–H groups in total. The maximum absolute atomic E-state index is 6.02. The first-order valence-corrected chi connectivity index (χ1v) is 5.02. The van der Waals surface area contributed by atoms with E-state index in [1.54, 1.807) is 18.4 Å². The molecule has 0 saturated heterocycles. The van der Waals surface area contributed by atoms with E-state index in [0.29, 0.717) is 0 Å². The molecular formula is C9H13NOS. The standard InChI is InChI=1S/C9H13NOS/c1-11-8-5-4-7(12-8)9(10)6-2-3-6/h4-6,9H,2-3,10H2,1H3/t9-/m1/s1. The fraction of sp³-hybridized carbons (Fsp3) is 0.556. The van der Waals surface area contributed by atoms with Gasteiger partial charge in [-0.15, -0.1) is 11.3 Å². The van der Waals surface area contributed by atoms with Crippen molar-refractivity contribution in [2.24, 2.45) is 11.7 Å². The van der Waals surface area contributed by atoms with Gasteiger partial charge in [-0.3, -0.25) is 0 Å². The normalized spacial score (nSPS) is 19.2. The molecule has 1 aliphatic rings. The minimum Gasteiger partial charge on any atom is -0.487 e. The van der Waals surface area contributed by atoms with Gasteiger partial charge in [0, 0.05) is 10.9 Å². The minimum atomic E-state index is 0.249. The van der Waals surface area contributed by atoms with Crippen molar-refractivity contribution in [3.8, 4) is 5.06 Å². The lowest BCUT2D eigenvalue weighted by Crippen LogP contribution is -2.10. The molecule has 2 rings (SSSR count). The Kier molecular flexibility index (Phi) is 2.07. The Balaban J connectivity index is 2.10. The summed E-state index contributed by atoms with van der Waals surface area (Å²) in [6.45, 7) is 0. The van der Waals surface area contributed by atoms with Crippen molar-refractivity contribution in [1.82, 2.24) is 0 Å². The van der Waals surface area contributed by atoms with Crippen LogP contribution >= 0.6 is 11.3 Å². The lowest BCUT2D eigenvalue weighted by molar-refractivity contribution is 0.427. The van der Waals surface area contributed by atoms with Crippen LogP contribution in [0.5, 0.6) is 5.06 Å². The maximum atomic E-state index is 6.02. The number of methoxy groups -OCH3 is 1. The van der Waals surface area contributed by atoms with Crippen LogP contribution in [-0.4, -0.2) is 7.11 Å². The molecule has 0 aliphatic heterocycles. The molecule has 1 aromatic heterocycles. The summed E-state index contributed by atoms with van der Waals surface area (Å²) >= 11 is 1.66. The smallest absolute Gasteiger partial charge is 0.173 e. The van der Waals surface area contributed by atoms with Crippen molar-refractivity contribution < 1.29 is 4.74 Å². The van der Waals surface area contributed by atoms with Gasteiger partial charge >= 0.3 is 0 Å². The van der Waals surface area contributed by atoms with Gasteiger partial charge in [0.1, 0.15) is 0 Å². The SMILES string of the molecule is COc1ccc([C@H](N)C2CC2)s1. The summed E-state index contributed by atoms with van der Waals surface area (Å²) in [7, 11) is 1.69. The highest BCUT2D eigenvalue weighted by molar-refractivity contribution is 7.13. The van der Waals surface area contributed by atoms with Gasteiger partial charge in [0.25, 0.3) is 0 Å². The molecule has 2 nitrogen and oxygen atoms in total. The Hall–Kier alpha value is -0.540. The number of rotatable bonds is 3. The first-order valence-electron chi connectivity index (χ1n) is 4.20. The molecule has 0 unspecified atom stereocenters. The van der Waals surface area contributed by atoms with Gasteiger partial charge in [-0.2, -0.15) is 0 Å². The van der Waals surface area contributed by atoms with E-state index < -0.39 is 0 Å². The van der Waals surface area contributed by atoms with Gasteiger partial charge in [-0.25, -0.2) is 0 Å². The molecule has 0 radical (unpaired) electrons. The van der Waals surface area contributed by atoms with E-state index in [-0.39, 0.29) is 6.04 Å². The number of hydrogen-bond donors (Lipinski definition) is 1. The summed E-state index contributed by atoms with van der Waals surface area (Å²) < 4.78 is 5.11. The van der Waals surface area contributed by atoms with Crippen LogP contribution in [0.15, 0.2) is 12.1 Å². The summed E-state index contributed by atoms with van der Waals surface area (Å²) in [6, 6.07) is 4.31. The molecule has 0 amide bonds. The molecule has 66 valence electrons. The molecule has 1 aliphatic carbocycles. The number of ether oxygens (including phenoxy) is 1. The predicted octanol–water partition coefficient (Wildman–Crippen LogP) is 2.17. The zero-order chi connectivity index (χ0) is 8.55. The van der Waals surface area contributed by atoms with E-state index in [0.717, 1.165) is 11.0 Å². The first-order chi connectivity index (χ1) is 5.81.